The van der Waals surface area contributed by atoms with Gasteiger partial charge in [0.1, 0.15) is 12.3 Å². The second-order valence-electron chi connectivity index (χ2n) is 3.90. The molecule has 0 atom stereocenters. The van der Waals surface area contributed by atoms with Crippen LogP contribution in [0.15, 0.2) is 18.2 Å². The number of aliphatic carboxylic acids is 1. The minimum absolute atomic E-state index is 0.0561. The lowest BCUT2D eigenvalue weighted by atomic mass is 10.1. The molecule has 1 rings (SSSR count). The molecule has 20 heavy (non-hydrogen) atoms. The summed E-state index contributed by atoms with van der Waals surface area (Å²) in [4.78, 5) is 34.2. The number of nitrogens with one attached hydrogen (secondary N) is 1. The van der Waals surface area contributed by atoms with E-state index in [1.807, 2.05) is 0 Å². The van der Waals surface area contributed by atoms with E-state index in [1.165, 1.54) is 32.4 Å². The van der Waals surface area contributed by atoms with Crippen molar-refractivity contribution >= 4 is 23.7 Å². The van der Waals surface area contributed by atoms with Gasteiger partial charge in [-0.15, -0.1) is 0 Å². The summed E-state index contributed by atoms with van der Waals surface area (Å²) in [6, 6.07) is 3.39. The van der Waals surface area contributed by atoms with Gasteiger partial charge in [-0.3, -0.25) is 4.79 Å². The molecule has 2 amide bonds. The average Bonchev–Trinajstić information content (AvgIpc) is 2.37. The average molecular weight is 282 g/mol. The Morgan fingerprint density at radius 3 is 2.45 bits per heavy atom. The molecule has 0 saturated carbocycles. The first kappa shape index (κ1) is 15.3. The SMILES string of the molecule is COc1ccc(NC(=O)N(C)CC(=O)O)c(C(=O)O)c1. The van der Waals surface area contributed by atoms with Crippen LogP contribution in [-0.4, -0.2) is 53.8 Å². The highest BCUT2D eigenvalue weighted by atomic mass is 16.5. The molecule has 108 valence electrons. The number of urea groups is 1. The van der Waals surface area contributed by atoms with Crippen LogP contribution in [0.2, 0.25) is 0 Å². The number of hydrogen-bond acceptors (Lipinski definition) is 4. The summed E-state index contributed by atoms with van der Waals surface area (Å²) in [7, 11) is 2.67. The highest BCUT2D eigenvalue weighted by molar-refractivity contribution is 6.00. The van der Waals surface area contributed by atoms with Gasteiger partial charge >= 0.3 is 18.0 Å². The van der Waals surface area contributed by atoms with E-state index in [2.05, 4.69) is 5.32 Å². The van der Waals surface area contributed by atoms with E-state index in [-0.39, 0.29) is 11.3 Å². The first-order valence-electron chi connectivity index (χ1n) is 5.50. The Balaban J connectivity index is 2.94. The number of carbonyl (C=O) groups excluding carboxylic acids is 1. The van der Waals surface area contributed by atoms with Crippen molar-refractivity contribution in [3.63, 3.8) is 0 Å². The van der Waals surface area contributed by atoms with E-state index in [0.717, 1.165) is 4.90 Å². The molecular weight excluding hydrogens is 268 g/mol. The lowest BCUT2D eigenvalue weighted by Gasteiger charge is -2.17. The van der Waals surface area contributed by atoms with E-state index in [9.17, 15) is 14.4 Å². The lowest BCUT2D eigenvalue weighted by Crippen LogP contribution is -2.35. The molecule has 0 bridgehead atoms. The number of methoxy groups -OCH3 is 1. The molecule has 1 aromatic rings. The molecule has 0 aromatic heterocycles. The van der Waals surface area contributed by atoms with E-state index >= 15 is 0 Å². The second-order valence-corrected chi connectivity index (χ2v) is 3.90. The van der Waals surface area contributed by atoms with Gasteiger partial charge in [0, 0.05) is 7.05 Å². The summed E-state index contributed by atoms with van der Waals surface area (Å²) in [6.45, 7) is -0.496. The Hall–Kier alpha value is -2.77. The fraction of sp³-hybridized carbons (Fsp3) is 0.250. The van der Waals surface area contributed by atoms with Crippen molar-refractivity contribution in [3.8, 4) is 5.75 Å². The van der Waals surface area contributed by atoms with Gasteiger partial charge in [0.05, 0.1) is 18.4 Å². The van der Waals surface area contributed by atoms with Gasteiger partial charge in [0.2, 0.25) is 0 Å². The first-order chi connectivity index (χ1) is 9.35. The molecule has 0 unspecified atom stereocenters. The topological polar surface area (TPSA) is 116 Å². The largest absolute Gasteiger partial charge is 0.497 e. The highest BCUT2D eigenvalue weighted by Crippen LogP contribution is 2.22. The van der Waals surface area contributed by atoms with Crippen molar-refractivity contribution in [1.29, 1.82) is 0 Å². The van der Waals surface area contributed by atoms with Crippen LogP contribution in [0.4, 0.5) is 10.5 Å². The number of benzene rings is 1. The maximum absolute atomic E-state index is 11.7. The predicted octanol–water partition coefficient (Wildman–Crippen LogP) is 0.942. The molecule has 8 nitrogen and oxygen atoms in total. The van der Waals surface area contributed by atoms with Gasteiger partial charge in [-0.05, 0) is 18.2 Å². The number of amides is 2. The third-order valence-electron chi connectivity index (χ3n) is 2.42. The normalized spacial score (nSPS) is 9.70. The molecule has 0 aliphatic rings. The number of nitrogens with zero attached hydrogens (tertiary/aromatic N) is 1. The molecular formula is C12H14N2O6. The van der Waals surface area contributed by atoms with Crippen LogP contribution in [0.5, 0.6) is 5.75 Å². The van der Waals surface area contributed by atoms with Crippen molar-refractivity contribution in [2.45, 2.75) is 0 Å². The van der Waals surface area contributed by atoms with Crippen molar-refractivity contribution in [3.05, 3.63) is 23.8 Å². The number of hydrogen-bond donors (Lipinski definition) is 3. The van der Waals surface area contributed by atoms with Gasteiger partial charge < -0.3 is 25.2 Å². The van der Waals surface area contributed by atoms with Gasteiger partial charge in [0.15, 0.2) is 0 Å². The number of ether oxygens (including phenoxy) is 1. The van der Waals surface area contributed by atoms with Crippen molar-refractivity contribution in [1.82, 2.24) is 4.90 Å². The summed E-state index contributed by atoms with van der Waals surface area (Å²) < 4.78 is 4.90. The van der Waals surface area contributed by atoms with Crippen LogP contribution < -0.4 is 10.1 Å². The maximum atomic E-state index is 11.7. The second kappa shape index (κ2) is 6.41. The standard InChI is InChI=1S/C12H14N2O6/c1-14(6-10(15)16)12(19)13-9-4-3-7(20-2)5-8(9)11(17)18/h3-5H,6H2,1-2H3,(H,13,19)(H,15,16)(H,17,18). The van der Waals surface area contributed by atoms with Crippen molar-refractivity contribution in [2.24, 2.45) is 0 Å². The summed E-state index contributed by atoms with van der Waals surface area (Å²) in [5.41, 5.74) is -0.0954. The van der Waals surface area contributed by atoms with E-state index in [1.54, 1.807) is 0 Å². The summed E-state index contributed by atoms with van der Waals surface area (Å²) in [5, 5.41) is 20.0. The van der Waals surface area contributed by atoms with Crippen LogP contribution in [-0.2, 0) is 4.79 Å². The van der Waals surface area contributed by atoms with Crippen LogP contribution in [0.1, 0.15) is 10.4 Å². The minimum Gasteiger partial charge on any atom is -0.497 e. The molecule has 0 heterocycles. The Morgan fingerprint density at radius 2 is 1.95 bits per heavy atom. The monoisotopic (exact) mass is 282 g/mol. The lowest BCUT2D eigenvalue weighted by molar-refractivity contribution is -0.137. The molecule has 0 spiro atoms. The molecule has 0 fully saturated rings. The van der Waals surface area contributed by atoms with Crippen molar-refractivity contribution < 1.29 is 29.3 Å². The highest BCUT2D eigenvalue weighted by Gasteiger charge is 2.17. The zero-order valence-corrected chi connectivity index (χ0v) is 10.9. The molecule has 0 aliphatic heterocycles. The third-order valence-corrected chi connectivity index (χ3v) is 2.42. The van der Waals surface area contributed by atoms with Gasteiger partial charge in [-0.2, -0.15) is 0 Å². The number of aromatic carboxylic acids is 1. The molecule has 8 heteroatoms. The molecule has 3 N–H and O–H groups in total. The Morgan fingerprint density at radius 1 is 1.30 bits per heavy atom. The molecule has 0 saturated heterocycles. The van der Waals surface area contributed by atoms with Gasteiger partial charge in [0.25, 0.3) is 0 Å². The van der Waals surface area contributed by atoms with E-state index < -0.39 is 24.5 Å². The summed E-state index contributed by atoms with van der Waals surface area (Å²) in [6.07, 6.45) is 0. The number of likely N-dealkylation sites (N-methyl/N-ethyl adjacent to an activating group) is 1. The van der Waals surface area contributed by atoms with Gasteiger partial charge in [-0.1, -0.05) is 0 Å². The number of rotatable bonds is 5. The Labute approximate surface area is 114 Å². The van der Waals surface area contributed by atoms with E-state index in [4.69, 9.17) is 14.9 Å². The maximum Gasteiger partial charge on any atom is 0.337 e. The van der Waals surface area contributed by atoms with E-state index in [0.29, 0.717) is 5.75 Å². The predicted molar refractivity (Wildman–Crippen MR) is 69.2 cm³/mol. The number of anilines is 1. The molecule has 0 radical (unpaired) electrons. The smallest absolute Gasteiger partial charge is 0.337 e. The quantitative estimate of drug-likeness (QED) is 0.740. The number of carbonyl (C=O) groups is 3. The zero-order valence-electron chi connectivity index (χ0n) is 10.9. The Bertz CT molecular complexity index is 543. The molecule has 0 aliphatic carbocycles. The van der Waals surface area contributed by atoms with Crippen LogP contribution in [0.25, 0.3) is 0 Å². The Kier molecular flexibility index (Phi) is 4.90. The van der Waals surface area contributed by atoms with Crippen LogP contribution in [0.3, 0.4) is 0 Å². The fourth-order valence-corrected chi connectivity index (χ4v) is 1.42. The first-order valence-corrected chi connectivity index (χ1v) is 5.50. The van der Waals surface area contributed by atoms with Crippen LogP contribution >= 0.6 is 0 Å². The summed E-state index contributed by atoms with van der Waals surface area (Å²) in [5.74, 6) is -2.07. The van der Waals surface area contributed by atoms with Gasteiger partial charge in [-0.25, -0.2) is 9.59 Å². The van der Waals surface area contributed by atoms with Crippen molar-refractivity contribution in [2.75, 3.05) is 26.0 Å². The number of carboxylic acid groups (broad SMARTS) is 2. The third kappa shape index (κ3) is 3.87. The van der Waals surface area contributed by atoms with Crippen LogP contribution in [0, 0.1) is 0 Å². The molecule has 1 aromatic carbocycles. The zero-order chi connectivity index (χ0) is 15.3. The fourth-order valence-electron chi connectivity index (χ4n) is 1.42. The number of carboxylic acids is 2. The summed E-state index contributed by atoms with van der Waals surface area (Å²) >= 11 is 0. The minimum atomic E-state index is -1.24.